The number of nitrogens with two attached hydrogens (primary N) is 1. The lowest BCUT2D eigenvalue weighted by atomic mass is 10.2. The number of benzene rings is 1. The Morgan fingerprint density at radius 3 is 2.73 bits per heavy atom. The van der Waals surface area contributed by atoms with E-state index in [1.165, 1.54) is 0 Å². The van der Waals surface area contributed by atoms with E-state index in [9.17, 15) is 0 Å². The van der Waals surface area contributed by atoms with E-state index in [1.54, 1.807) is 0 Å². The Morgan fingerprint density at radius 1 is 1.33 bits per heavy atom. The summed E-state index contributed by atoms with van der Waals surface area (Å²) >= 11 is 0. The smallest absolute Gasteiger partial charge is 0.181 e. The van der Waals surface area contributed by atoms with Gasteiger partial charge < -0.3 is 5.73 Å². The van der Waals surface area contributed by atoms with E-state index in [4.69, 9.17) is 5.73 Å². The highest BCUT2D eigenvalue weighted by Crippen LogP contribution is 2.16. The molecule has 78 valence electrons. The second-order valence-corrected chi connectivity index (χ2v) is 3.43. The molecular weight excluding hydrogens is 188 g/mol. The second-order valence-electron chi connectivity index (χ2n) is 3.43. The molecule has 0 bridgehead atoms. The molecule has 1 atom stereocenters. The fraction of sp³-hybridized carbons (Fsp3) is 0.273. The summed E-state index contributed by atoms with van der Waals surface area (Å²) in [6, 6.07) is 9.79. The van der Waals surface area contributed by atoms with Gasteiger partial charge in [0.2, 0.25) is 0 Å². The quantitative estimate of drug-likeness (QED) is 0.798. The first-order valence-corrected chi connectivity index (χ1v) is 5.04. The van der Waals surface area contributed by atoms with Gasteiger partial charge in [0.05, 0.1) is 6.04 Å². The Labute approximate surface area is 88.5 Å². The molecule has 2 aromatic rings. The molecule has 0 saturated heterocycles. The number of nitrogens with one attached hydrogen (secondary N) is 1. The number of rotatable bonds is 3. The second kappa shape index (κ2) is 4.23. The first kappa shape index (κ1) is 9.86. The zero-order valence-electron chi connectivity index (χ0n) is 8.64. The van der Waals surface area contributed by atoms with Crippen LogP contribution in [0.25, 0.3) is 11.4 Å². The van der Waals surface area contributed by atoms with Crippen molar-refractivity contribution in [3.05, 3.63) is 36.2 Å². The molecule has 0 fully saturated rings. The van der Waals surface area contributed by atoms with Crippen LogP contribution in [0.2, 0.25) is 0 Å². The summed E-state index contributed by atoms with van der Waals surface area (Å²) in [5.74, 6) is 1.45. The molecule has 0 amide bonds. The van der Waals surface area contributed by atoms with Crippen molar-refractivity contribution in [3.63, 3.8) is 0 Å². The van der Waals surface area contributed by atoms with Gasteiger partial charge in [-0.1, -0.05) is 37.3 Å². The van der Waals surface area contributed by atoms with Crippen molar-refractivity contribution in [3.8, 4) is 11.4 Å². The van der Waals surface area contributed by atoms with Gasteiger partial charge in [-0.3, -0.25) is 5.10 Å². The standard InChI is InChI=1S/C11H14N4/c1-2-9(12)11-13-10(14-15-11)8-6-4-3-5-7-8/h3-7,9H,2,12H2,1H3,(H,13,14,15)/t9-/m0/s1. The van der Waals surface area contributed by atoms with Crippen molar-refractivity contribution >= 4 is 0 Å². The number of nitrogens with zero attached hydrogens (tertiary/aromatic N) is 2. The van der Waals surface area contributed by atoms with E-state index in [-0.39, 0.29) is 6.04 Å². The molecule has 15 heavy (non-hydrogen) atoms. The van der Waals surface area contributed by atoms with E-state index < -0.39 is 0 Å². The molecular formula is C11H14N4. The number of hydrogen-bond donors (Lipinski definition) is 2. The summed E-state index contributed by atoms with van der Waals surface area (Å²) in [6.45, 7) is 2.02. The minimum atomic E-state index is -0.0602. The Kier molecular flexibility index (Phi) is 2.78. The van der Waals surface area contributed by atoms with Crippen LogP contribution >= 0.6 is 0 Å². The minimum Gasteiger partial charge on any atom is -0.321 e. The predicted octanol–water partition coefficient (Wildman–Crippen LogP) is 1.88. The molecule has 1 heterocycles. The maximum absolute atomic E-state index is 5.85. The lowest BCUT2D eigenvalue weighted by molar-refractivity contribution is 0.652. The number of aromatic nitrogens is 3. The third-order valence-electron chi connectivity index (χ3n) is 2.33. The molecule has 0 aliphatic carbocycles. The van der Waals surface area contributed by atoms with Crippen molar-refractivity contribution < 1.29 is 0 Å². The summed E-state index contributed by atoms with van der Waals surface area (Å²) < 4.78 is 0. The fourth-order valence-electron chi connectivity index (χ4n) is 1.35. The number of aromatic amines is 1. The van der Waals surface area contributed by atoms with Gasteiger partial charge in [-0.05, 0) is 6.42 Å². The molecule has 1 aromatic heterocycles. The molecule has 3 N–H and O–H groups in total. The van der Waals surface area contributed by atoms with Crippen molar-refractivity contribution in [2.24, 2.45) is 5.73 Å². The van der Waals surface area contributed by atoms with Gasteiger partial charge in [0.15, 0.2) is 5.82 Å². The summed E-state index contributed by atoms with van der Waals surface area (Å²) in [6.07, 6.45) is 0.851. The van der Waals surface area contributed by atoms with Gasteiger partial charge in [-0.25, -0.2) is 4.98 Å². The highest BCUT2D eigenvalue weighted by Gasteiger charge is 2.10. The van der Waals surface area contributed by atoms with Gasteiger partial charge >= 0.3 is 0 Å². The van der Waals surface area contributed by atoms with E-state index in [0.29, 0.717) is 5.82 Å². The van der Waals surface area contributed by atoms with Crippen molar-refractivity contribution in [1.29, 1.82) is 0 Å². The molecule has 0 aliphatic heterocycles. The fourth-order valence-corrected chi connectivity index (χ4v) is 1.35. The van der Waals surface area contributed by atoms with Crippen LogP contribution in [0.4, 0.5) is 0 Å². The van der Waals surface area contributed by atoms with E-state index in [1.807, 2.05) is 37.3 Å². The molecule has 0 saturated carbocycles. The Balaban J connectivity index is 2.28. The topological polar surface area (TPSA) is 67.6 Å². The van der Waals surface area contributed by atoms with Gasteiger partial charge in [0.25, 0.3) is 0 Å². The third-order valence-corrected chi connectivity index (χ3v) is 2.33. The first-order valence-electron chi connectivity index (χ1n) is 5.04. The van der Waals surface area contributed by atoms with Crippen LogP contribution in [-0.2, 0) is 0 Å². The molecule has 2 rings (SSSR count). The molecule has 0 radical (unpaired) electrons. The van der Waals surface area contributed by atoms with Crippen molar-refractivity contribution in [1.82, 2.24) is 15.2 Å². The maximum atomic E-state index is 5.85. The summed E-state index contributed by atoms with van der Waals surface area (Å²) in [7, 11) is 0. The third kappa shape index (κ3) is 2.05. The number of H-pyrrole nitrogens is 1. The highest BCUT2D eigenvalue weighted by atomic mass is 15.2. The monoisotopic (exact) mass is 202 g/mol. The minimum absolute atomic E-state index is 0.0602. The summed E-state index contributed by atoms with van der Waals surface area (Å²) in [5.41, 5.74) is 6.85. The average molecular weight is 202 g/mol. The van der Waals surface area contributed by atoms with Crippen LogP contribution in [0.15, 0.2) is 30.3 Å². The van der Waals surface area contributed by atoms with E-state index in [2.05, 4.69) is 15.2 Å². The molecule has 4 nitrogen and oxygen atoms in total. The number of hydrogen-bond acceptors (Lipinski definition) is 3. The average Bonchev–Trinajstić information content (AvgIpc) is 2.78. The molecule has 1 aromatic carbocycles. The van der Waals surface area contributed by atoms with Crippen LogP contribution in [-0.4, -0.2) is 15.2 Å². The van der Waals surface area contributed by atoms with Gasteiger partial charge in [-0.15, -0.1) is 0 Å². The largest absolute Gasteiger partial charge is 0.321 e. The van der Waals surface area contributed by atoms with Crippen molar-refractivity contribution in [2.45, 2.75) is 19.4 Å². The van der Waals surface area contributed by atoms with Crippen molar-refractivity contribution in [2.75, 3.05) is 0 Å². The predicted molar refractivity (Wildman–Crippen MR) is 59.0 cm³/mol. The Hall–Kier alpha value is -1.68. The Bertz CT molecular complexity index is 421. The van der Waals surface area contributed by atoms with Crippen LogP contribution in [0.5, 0.6) is 0 Å². The van der Waals surface area contributed by atoms with Gasteiger partial charge in [-0.2, -0.15) is 5.10 Å². The normalized spacial score (nSPS) is 12.7. The van der Waals surface area contributed by atoms with E-state index >= 15 is 0 Å². The zero-order chi connectivity index (χ0) is 10.7. The molecule has 0 unspecified atom stereocenters. The lowest BCUT2D eigenvalue weighted by Crippen LogP contribution is -2.10. The van der Waals surface area contributed by atoms with Crippen LogP contribution in [0.3, 0.4) is 0 Å². The van der Waals surface area contributed by atoms with Crippen LogP contribution in [0.1, 0.15) is 25.2 Å². The van der Waals surface area contributed by atoms with Crippen LogP contribution < -0.4 is 5.73 Å². The summed E-state index contributed by atoms with van der Waals surface area (Å²) in [4.78, 5) is 4.36. The zero-order valence-corrected chi connectivity index (χ0v) is 8.64. The maximum Gasteiger partial charge on any atom is 0.181 e. The molecule has 4 heteroatoms. The van der Waals surface area contributed by atoms with Crippen LogP contribution in [0, 0.1) is 0 Å². The SMILES string of the molecule is CC[C@H](N)c1nc(-c2ccccc2)n[nH]1. The highest BCUT2D eigenvalue weighted by molar-refractivity contribution is 5.53. The van der Waals surface area contributed by atoms with Gasteiger partial charge in [0.1, 0.15) is 5.82 Å². The lowest BCUT2D eigenvalue weighted by Gasteiger charge is -2.01. The molecule has 0 spiro atoms. The Morgan fingerprint density at radius 2 is 2.07 bits per heavy atom. The summed E-state index contributed by atoms with van der Waals surface area (Å²) in [5, 5.41) is 7.01. The molecule has 0 aliphatic rings. The van der Waals surface area contributed by atoms with E-state index in [0.717, 1.165) is 17.8 Å². The first-order chi connectivity index (χ1) is 7.31. The van der Waals surface area contributed by atoms with Gasteiger partial charge in [0, 0.05) is 5.56 Å².